The molecule has 0 radical (unpaired) electrons. The average Bonchev–Trinajstić information content (AvgIpc) is 3.60. The van der Waals surface area contributed by atoms with Crippen molar-refractivity contribution < 1.29 is 0 Å². The van der Waals surface area contributed by atoms with Gasteiger partial charge in [-0.15, -0.1) is 0 Å². The van der Waals surface area contributed by atoms with Gasteiger partial charge in [-0.05, 0) is 48.7 Å². The Morgan fingerprint density at radius 3 is 2.20 bits per heavy atom. The minimum Gasteiger partial charge on any atom is -0.350 e. The third kappa shape index (κ3) is 3.94. The Kier molecular flexibility index (Phi) is 5.78. The van der Waals surface area contributed by atoms with Crippen molar-refractivity contribution >= 4 is 44.6 Å². The first-order valence-corrected chi connectivity index (χ1v) is 15.4. The minimum atomic E-state index is -0.290. The molecule has 2 unspecified atom stereocenters. The van der Waals surface area contributed by atoms with E-state index in [4.69, 9.17) is 4.99 Å². The fourth-order valence-electron chi connectivity index (χ4n) is 7.08. The molecule has 1 aliphatic carbocycles. The number of para-hydroxylation sites is 2. The molecule has 2 atom stereocenters. The van der Waals surface area contributed by atoms with Crippen molar-refractivity contribution in [2.45, 2.75) is 25.3 Å². The van der Waals surface area contributed by atoms with Gasteiger partial charge in [0.05, 0.1) is 16.6 Å². The van der Waals surface area contributed by atoms with E-state index in [1.54, 1.807) is 0 Å². The summed E-state index contributed by atoms with van der Waals surface area (Å²) in [6, 6.07) is 45.3. The van der Waals surface area contributed by atoms with Gasteiger partial charge < -0.3 is 14.5 Å². The lowest BCUT2D eigenvalue weighted by atomic mass is 10.0. The van der Waals surface area contributed by atoms with Gasteiger partial charge in [0.15, 0.2) is 6.29 Å². The third-order valence-electron chi connectivity index (χ3n) is 9.06. The van der Waals surface area contributed by atoms with Crippen LogP contribution in [0.15, 0.2) is 138 Å². The second-order valence-corrected chi connectivity index (χ2v) is 11.6. The second-order valence-electron chi connectivity index (χ2n) is 11.6. The molecule has 1 aliphatic heterocycles. The molecule has 5 aromatic carbocycles. The molecule has 44 heavy (non-hydrogen) atoms. The number of rotatable bonds is 4. The van der Waals surface area contributed by atoms with E-state index in [2.05, 4.69) is 159 Å². The lowest BCUT2D eigenvalue weighted by Crippen LogP contribution is -2.46. The number of aliphatic imine (C=N–C) groups is 1. The van der Waals surface area contributed by atoms with Crippen molar-refractivity contribution in [1.82, 2.24) is 19.8 Å². The van der Waals surface area contributed by atoms with Crippen molar-refractivity contribution in [3.05, 3.63) is 156 Å². The van der Waals surface area contributed by atoms with Crippen LogP contribution in [0.4, 0.5) is 0 Å². The van der Waals surface area contributed by atoms with Crippen LogP contribution in [0.5, 0.6) is 0 Å². The molecule has 0 fully saturated rings. The van der Waals surface area contributed by atoms with Crippen molar-refractivity contribution in [3.63, 3.8) is 0 Å². The Balaban J connectivity index is 1.32. The van der Waals surface area contributed by atoms with Crippen molar-refractivity contribution in [3.8, 4) is 5.69 Å². The lowest BCUT2D eigenvalue weighted by molar-refractivity contribution is 0.330. The number of aromatic nitrogens is 2. The first-order chi connectivity index (χ1) is 21.8. The highest BCUT2D eigenvalue weighted by molar-refractivity contribution is 6.14. The molecular weight excluding hydrogens is 538 g/mol. The van der Waals surface area contributed by atoms with Gasteiger partial charge in [0.1, 0.15) is 12.0 Å². The summed E-state index contributed by atoms with van der Waals surface area (Å²) in [5, 5.41) is 11.4. The van der Waals surface area contributed by atoms with Crippen LogP contribution in [-0.2, 0) is 6.42 Å². The number of fused-ring (bicyclic) bond motifs is 6. The Hall–Kier alpha value is -5.39. The molecule has 7 aromatic rings. The molecule has 3 heterocycles. The van der Waals surface area contributed by atoms with Crippen LogP contribution in [0.3, 0.4) is 0 Å². The fourth-order valence-corrected chi connectivity index (χ4v) is 7.08. The van der Waals surface area contributed by atoms with Gasteiger partial charge in [0.2, 0.25) is 0 Å². The standard InChI is InChI=1S/C39H31N5/c1-4-14-26(15-5-1)37-40-38(27-16-6-2-7-17-27)42-39(41-37)44-34-23-13-11-21-30(34)32-24-31-29-20-10-12-22-33(29)43(35(31)25-36(32)44)28-18-8-3-9-19-28/h1-12,14-22,24-25,37,39,41H,13,23H2,(H,40,42). The van der Waals surface area contributed by atoms with E-state index in [-0.39, 0.29) is 12.5 Å². The first-order valence-electron chi connectivity index (χ1n) is 15.4. The van der Waals surface area contributed by atoms with Crippen LogP contribution in [0.1, 0.15) is 41.3 Å². The van der Waals surface area contributed by atoms with Crippen molar-refractivity contribution in [2.75, 3.05) is 0 Å². The summed E-state index contributed by atoms with van der Waals surface area (Å²) < 4.78 is 4.86. The predicted molar refractivity (Wildman–Crippen MR) is 181 cm³/mol. The molecule has 0 spiro atoms. The highest BCUT2D eigenvalue weighted by Gasteiger charge is 2.30. The van der Waals surface area contributed by atoms with E-state index in [1.165, 1.54) is 49.5 Å². The van der Waals surface area contributed by atoms with Gasteiger partial charge >= 0.3 is 0 Å². The van der Waals surface area contributed by atoms with Gasteiger partial charge in [-0.3, -0.25) is 5.32 Å². The molecule has 0 bridgehead atoms. The zero-order chi connectivity index (χ0) is 29.0. The highest BCUT2D eigenvalue weighted by atomic mass is 15.4. The van der Waals surface area contributed by atoms with Crippen LogP contribution >= 0.6 is 0 Å². The molecule has 0 saturated heterocycles. The number of allylic oxidation sites excluding steroid dienone is 1. The highest BCUT2D eigenvalue weighted by Crippen LogP contribution is 2.41. The van der Waals surface area contributed by atoms with E-state index in [9.17, 15) is 0 Å². The van der Waals surface area contributed by atoms with Gasteiger partial charge in [0.25, 0.3) is 0 Å². The van der Waals surface area contributed by atoms with E-state index in [0.717, 1.165) is 29.9 Å². The summed E-state index contributed by atoms with van der Waals surface area (Å²) in [7, 11) is 0. The third-order valence-corrected chi connectivity index (χ3v) is 9.06. The predicted octanol–water partition coefficient (Wildman–Crippen LogP) is 8.49. The minimum absolute atomic E-state index is 0.0966. The zero-order valence-electron chi connectivity index (χ0n) is 24.2. The maximum atomic E-state index is 5.36. The van der Waals surface area contributed by atoms with Gasteiger partial charge in [-0.2, -0.15) is 0 Å². The summed E-state index contributed by atoms with van der Waals surface area (Å²) >= 11 is 0. The van der Waals surface area contributed by atoms with Crippen LogP contribution < -0.4 is 10.6 Å². The number of hydrogen-bond acceptors (Lipinski definition) is 3. The smallest absolute Gasteiger partial charge is 0.184 e. The maximum Gasteiger partial charge on any atom is 0.184 e. The second kappa shape index (κ2) is 10.1. The average molecular weight is 570 g/mol. The molecule has 2 N–H and O–H groups in total. The van der Waals surface area contributed by atoms with Gasteiger partial charge in [0, 0.05) is 38.7 Å². The van der Waals surface area contributed by atoms with Crippen LogP contribution in [0, 0.1) is 0 Å². The Morgan fingerprint density at radius 1 is 0.659 bits per heavy atom. The normalized spacial score (nSPS) is 18.0. The molecule has 0 saturated carbocycles. The molecule has 9 rings (SSSR count). The van der Waals surface area contributed by atoms with Crippen LogP contribution in [0.25, 0.3) is 44.5 Å². The molecule has 2 aromatic heterocycles. The maximum absolute atomic E-state index is 5.36. The number of nitrogens with one attached hydrogen (secondary N) is 2. The summed E-state index contributed by atoms with van der Waals surface area (Å²) in [5.74, 6) is 0.893. The molecule has 5 heteroatoms. The van der Waals surface area contributed by atoms with Crippen LogP contribution in [0.2, 0.25) is 0 Å². The van der Waals surface area contributed by atoms with E-state index in [0.29, 0.717) is 0 Å². The van der Waals surface area contributed by atoms with E-state index >= 15 is 0 Å². The molecule has 5 nitrogen and oxygen atoms in total. The molecule has 0 amide bonds. The Bertz CT molecular complexity index is 2220. The summed E-state index contributed by atoms with van der Waals surface area (Å²) in [6.45, 7) is 0. The fraction of sp³-hybridized carbons (Fsp3) is 0.103. The number of nitrogens with zero attached hydrogens (tertiary/aromatic N) is 3. The SMILES string of the molecule is C1=Cc2c(n(C3N=C(c4ccccc4)NC(c4ccccc4)N3)c3cc4c(cc23)c2ccccc2n4-c2ccccc2)CC1. The van der Waals surface area contributed by atoms with Gasteiger partial charge in [-0.25, -0.2) is 4.99 Å². The van der Waals surface area contributed by atoms with Crippen molar-refractivity contribution in [2.24, 2.45) is 4.99 Å². The molecule has 2 aliphatic rings. The summed E-state index contributed by atoms with van der Waals surface area (Å²) in [5.41, 5.74) is 9.66. The number of hydrogen-bond donors (Lipinski definition) is 2. The molecule has 212 valence electrons. The number of amidine groups is 1. The van der Waals surface area contributed by atoms with Gasteiger partial charge in [-0.1, -0.05) is 109 Å². The lowest BCUT2D eigenvalue weighted by Gasteiger charge is -2.34. The zero-order valence-corrected chi connectivity index (χ0v) is 24.2. The molecular formula is C39H31N5. The van der Waals surface area contributed by atoms with Crippen LogP contribution in [-0.4, -0.2) is 15.0 Å². The van der Waals surface area contributed by atoms with Crippen molar-refractivity contribution in [1.29, 1.82) is 0 Å². The largest absolute Gasteiger partial charge is 0.350 e. The summed E-state index contributed by atoms with van der Waals surface area (Å²) in [4.78, 5) is 5.36. The quantitative estimate of drug-likeness (QED) is 0.223. The number of benzene rings is 5. The first kappa shape index (κ1) is 25.1. The topological polar surface area (TPSA) is 46.3 Å². The Labute approximate surface area is 255 Å². The van der Waals surface area contributed by atoms with E-state index < -0.39 is 0 Å². The van der Waals surface area contributed by atoms with E-state index in [1.807, 2.05) is 0 Å². The Morgan fingerprint density at radius 2 is 1.39 bits per heavy atom. The monoisotopic (exact) mass is 569 g/mol. The summed E-state index contributed by atoms with van der Waals surface area (Å²) in [6.07, 6.45) is 6.23.